The molecule has 18 heavy (non-hydrogen) atoms. The van der Waals surface area contributed by atoms with Gasteiger partial charge in [0.1, 0.15) is 0 Å². The molecule has 0 aromatic heterocycles. The lowest BCUT2D eigenvalue weighted by atomic mass is 10.4. The summed E-state index contributed by atoms with van der Waals surface area (Å²) in [5, 5.41) is 0. The Bertz CT molecular complexity index is 533. The van der Waals surface area contributed by atoms with Crippen LogP contribution in [-0.4, -0.2) is 22.4 Å². The van der Waals surface area contributed by atoms with Crippen LogP contribution in [0.2, 0.25) is 0 Å². The molecule has 1 unspecified atom stereocenters. The molecule has 0 N–H and O–H groups in total. The van der Waals surface area contributed by atoms with E-state index >= 15 is 0 Å². The lowest BCUT2D eigenvalue weighted by Crippen LogP contribution is -2.24. The number of hydrogen-bond acceptors (Lipinski definition) is 3. The van der Waals surface area contributed by atoms with Crippen molar-refractivity contribution >= 4 is 15.8 Å². The first-order valence-corrected chi connectivity index (χ1v) is 6.38. The standard InChI is InChI=1S/C10H10F3NO3S/c1-2-17-9(15)14-18(16,10(11,12)13)8-6-4-3-5-7-8/h3-7H,2H2,1H3. The first kappa shape index (κ1) is 14.5. The van der Waals surface area contributed by atoms with E-state index in [1.807, 2.05) is 0 Å². The van der Waals surface area contributed by atoms with Gasteiger partial charge >= 0.3 is 11.6 Å². The minimum absolute atomic E-state index is 0.148. The average Bonchev–Trinajstić information content (AvgIpc) is 2.28. The van der Waals surface area contributed by atoms with Crippen molar-refractivity contribution in [3.63, 3.8) is 0 Å². The van der Waals surface area contributed by atoms with E-state index in [1.165, 1.54) is 25.1 Å². The van der Waals surface area contributed by atoms with Crippen LogP contribution in [-0.2, 0) is 14.5 Å². The fourth-order valence-corrected chi connectivity index (χ4v) is 2.36. The van der Waals surface area contributed by atoms with Crippen molar-refractivity contribution in [1.82, 2.24) is 0 Å². The Labute approximate surface area is 102 Å². The van der Waals surface area contributed by atoms with E-state index in [4.69, 9.17) is 0 Å². The molecule has 0 radical (unpaired) electrons. The second-order valence-electron chi connectivity index (χ2n) is 3.07. The van der Waals surface area contributed by atoms with Crippen molar-refractivity contribution in [3.05, 3.63) is 30.3 Å². The molecule has 100 valence electrons. The van der Waals surface area contributed by atoms with E-state index < -0.39 is 26.2 Å². The van der Waals surface area contributed by atoms with Gasteiger partial charge in [0.2, 0.25) is 0 Å². The molecule has 0 saturated carbocycles. The minimum atomic E-state index is -5.15. The zero-order valence-corrected chi connectivity index (χ0v) is 10.1. The number of ether oxygens (including phenoxy) is 1. The molecule has 8 heteroatoms. The number of hydrogen-bond donors (Lipinski definition) is 0. The molecule has 0 aliphatic rings. The third-order valence-electron chi connectivity index (χ3n) is 1.85. The van der Waals surface area contributed by atoms with E-state index in [1.54, 1.807) is 0 Å². The summed E-state index contributed by atoms with van der Waals surface area (Å²) in [6.45, 7) is 1.26. The summed E-state index contributed by atoms with van der Waals surface area (Å²) in [5.74, 6) is 0. The van der Waals surface area contributed by atoms with Crippen molar-refractivity contribution in [2.24, 2.45) is 4.36 Å². The summed E-state index contributed by atoms with van der Waals surface area (Å²) in [6, 6.07) is 6.02. The number of carbonyl (C=O) groups is 1. The normalized spacial score (nSPS) is 14.7. The van der Waals surface area contributed by atoms with Gasteiger partial charge in [-0.05, 0) is 19.1 Å². The monoisotopic (exact) mass is 281 g/mol. The van der Waals surface area contributed by atoms with E-state index in [0.29, 0.717) is 0 Å². The molecule has 0 aliphatic heterocycles. The van der Waals surface area contributed by atoms with E-state index in [-0.39, 0.29) is 6.61 Å². The number of rotatable bonds is 2. The zero-order valence-electron chi connectivity index (χ0n) is 9.31. The molecule has 0 saturated heterocycles. The fraction of sp³-hybridized carbons (Fsp3) is 0.300. The summed E-state index contributed by atoms with van der Waals surface area (Å²) in [6.07, 6.45) is -1.50. The summed E-state index contributed by atoms with van der Waals surface area (Å²) in [7, 11) is -4.85. The lowest BCUT2D eigenvalue weighted by Gasteiger charge is -2.12. The topological polar surface area (TPSA) is 55.7 Å². The van der Waals surface area contributed by atoms with E-state index in [2.05, 4.69) is 9.10 Å². The highest BCUT2D eigenvalue weighted by Gasteiger charge is 2.45. The van der Waals surface area contributed by atoms with Gasteiger partial charge < -0.3 is 4.74 Å². The third kappa shape index (κ3) is 3.00. The Morgan fingerprint density at radius 1 is 1.33 bits per heavy atom. The largest absolute Gasteiger partial charge is 0.484 e. The molecular weight excluding hydrogens is 271 g/mol. The predicted octanol–water partition coefficient (Wildman–Crippen LogP) is 3.19. The molecule has 0 bridgehead atoms. The highest BCUT2D eigenvalue weighted by atomic mass is 32.2. The Morgan fingerprint density at radius 3 is 2.33 bits per heavy atom. The van der Waals surface area contributed by atoms with Gasteiger partial charge in [0.25, 0.3) is 0 Å². The molecule has 1 aromatic rings. The molecule has 0 heterocycles. The third-order valence-corrected chi connectivity index (χ3v) is 3.79. The maximum Gasteiger partial charge on any atom is 0.484 e. The van der Waals surface area contributed by atoms with Gasteiger partial charge in [-0.25, -0.2) is 9.00 Å². The molecule has 1 atom stereocenters. The van der Waals surface area contributed by atoms with Gasteiger partial charge in [-0.15, -0.1) is 4.36 Å². The number of benzene rings is 1. The number of nitrogens with zero attached hydrogens (tertiary/aromatic N) is 1. The molecule has 0 fully saturated rings. The average molecular weight is 281 g/mol. The number of carbonyl (C=O) groups excluding carboxylic acids is 1. The Hall–Kier alpha value is -1.57. The molecule has 1 aromatic carbocycles. The van der Waals surface area contributed by atoms with Gasteiger partial charge in [-0.3, -0.25) is 0 Å². The van der Waals surface area contributed by atoms with Crippen LogP contribution in [0, 0.1) is 0 Å². The predicted molar refractivity (Wildman–Crippen MR) is 58.4 cm³/mol. The Kier molecular flexibility index (Phi) is 4.33. The Morgan fingerprint density at radius 2 is 1.89 bits per heavy atom. The van der Waals surface area contributed by atoms with Gasteiger partial charge in [-0.1, -0.05) is 18.2 Å². The molecular formula is C10H10F3NO3S. The summed E-state index contributed by atoms with van der Waals surface area (Å²) in [4.78, 5) is 10.4. The SMILES string of the molecule is CCOC(=O)N=S(=O)(c1ccccc1)C(F)(F)F. The van der Waals surface area contributed by atoms with Crippen molar-refractivity contribution in [1.29, 1.82) is 0 Å². The first-order chi connectivity index (χ1) is 8.31. The van der Waals surface area contributed by atoms with Gasteiger partial charge in [0.15, 0.2) is 9.73 Å². The van der Waals surface area contributed by atoms with E-state index in [9.17, 15) is 22.2 Å². The highest BCUT2D eigenvalue weighted by Crippen LogP contribution is 2.32. The summed E-state index contributed by atoms with van der Waals surface area (Å²) < 4.78 is 57.3. The molecule has 1 rings (SSSR count). The first-order valence-electron chi connectivity index (χ1n) is 4.86. The summed E-state index contributed by atoms with van der Waals surface area (Å²) >= 11 is 0. The Balaban J connectivity index is 3.39. The second kappa shape index (κ2) is 5.38. The molecule has 1 amide bonds. The smallest absolute Gasteiger partial charge is 0.448 e. The molecule has 4 nitrogen and oxygen atoms in total. The fourth-order valence-electron chi connectivity index (χ4n) is 1.10. The van der Waals surface area contributed by atoms with Gasteiger partial charge in [0, 0.05) is 0 Å². The second-order valence-corrected chi connectivity index (χ2v) is 5.24. The van der Waals surface area contributed by atoms with Crippen molar-refractivity contribution in [3.8, 4) is 0 Å². The van der Waals surface area contributed by atoms with E-state index in [0.717, 1.165) is 12.1 Å². The van der Waals surface area contributed by atoms with Crippen molar-refractivity contribution in [2.45, 2.75) is 17.3 Å². The van der Waals surface area contributed by atoms with Crippen LogP contribution in [0.15, 0.2) is 39.6 Å². The minimum Gasteiger partial charge on any atom is -0.448 e. The van der Waals surface area contributed by atoms with Crippen LogP contribution in [0.3, 0.4) is 0 Å². The quantitative estimate of drug-likeness (QED) is 0.836. The van der Waals surface area contributed by atoms with Crippen LogP contribution in [0.5, 0.6) is 0 Å². The van der Waals surface area contributed by atoms with Crippen molar-refractivity contribution in [2.75, 3.05) is 6.61 Å². The van der Waals surface area contributed by atoms with Crippen molar-refractivity contribution < 1.29 is 26.9 Å². The number of amides is 1. The maximum absolute atomic E-state index is 12.8. The number of halogens is 3. The molecule has 0 aliphatic carbocycles. The van der Waals surface area contributed by atoms with Gasteiger partial charge in [-0.2, -0.15) is 13.2 Å². The maximum atomic E-state index is 12.8. The highest BCUT2D eigenvalue weighted by molar-refractivity contribution is 7.94. The van der Waals surface area contributed by atoms with Gasteiger partial charge in [0.05, 0.1) is 11.5 Å². The van der Waals surface area contributed by atoms with Crippen LogP contribution in [0.25, 0.3) is 0 Å². The van der Waals surface area contributed by atoms with Crippen LogP contribution in [0.1, 0.15) is 6.92 Å². The summed E-state index contributed by atoms with van der Waals surface area (Å²) in [5.41, 5.74) is -5.15. The lowest BCUT2D eigenvalue weighted by molar-refractivity contribution is -0.0404. The molecule has 0 spiro atoms. The van der Waals surface area contributed by atoms with Crippen LogP contribution in [0.4, 0.5) is 18.0 Å². The van der Waals surface area contributed by atoms with Crippen LogP contribution < -0.4 is 0 Å². The zero-order chi connectivity index (χ0) is 13.8. The van der Waals surface area contributed by atoms with Crippen LogP contribution >= 0.6 is 0 Å². The number of alkyl halides is 3.